The first-order valence-electron chi connectivity index (χ1n) is 5.66. The van der Waals surface area contributed by atoms with Gasteiger partial charge in [0, 0.05) is 6.04 Å². The van der Waals surface area contributed by atoms with Gasteiger partial charge in [-0.15, -0.1) is 0 Å². The molecule has 2 nitrogen and oxygen atoms in total. The van der Waals surface area contributed by atoms with E-state index in [9.17, 15) is 5.11 Å². The average Bonchev–Trinajstić information content (AvgIpc) is 2.22. The highest BCUT2D eigenvalue weighted by Crippen LogP contribution is 2.31. The molecule has 0 amide bonds. The molecule has 1 aromatic rings. The molecule has 1 N–H and O–H groups in total. The molecule has 0 aromatic heterocycles. The van der Waals surface area contributed by atoms with Gasteiger partial charge in [-0.2, -0.15) is 0 Å². The van der Waals surface area contributed by atoms with Crippen LogP contribution in [-0.2, 0) is 0 Å². The quantitative estimate of drug-likeness (QED) is 0.761. The topological polar surface area (TPSA) is 23.5 Å². The van der Waals surface area contributed by atoms with Crippen molar-refractivity contribution >= 4 is 0 Å². The molecule has 2 rings (SSSR count). The largest absolute Gasteiger partial charge is 0.508 e. The Kier molecular flexibility index (Phi) is 2.96. The average molecular weight is 205 g/mol. The minimum atomic E-state index is 0.388. The summed E-state index contributed by atoms with van der Waals surface area (Å²) in [6.45, 7) is 3.43. The van der Waals surface area contributed by atoms with Crippen molar-refractivity contribution in [2.24, 2.45) is 0 Å². The molecule has 82 valence electrons. The van der Waals surface area contributed by atoms with E-state index in [2.05, 4.69) is 24.9 Å². The summed E-state index contributed by atoms with van der Waals surface area (Å²) in [7, 11) is 2.18. The minimum Gasteiger partial charge on any atom is -0.508 e. The summed E-state index contributed by atoms with van der Waals surface area (Å²) in [5.41, 5.74) is 1.29. The lowest BCUT2D eigenvalue weighted by atomic mass is 9.86. The highest BCUT2D eigenvalue weighted by atomic mass is 16.3. The molecule has 0 radical (unpaired) electrons. The van der Waals surface area contributed by atoms with Gasteiger partial charge in [0.15, 0.2) is 0 Å². The van der Waals surface area contributed by atoms with Crippen LogP contribution in [0.3, 0.4) is 0 Å². The van der Waals surface area contributed by atoms with Gasteiger partial charge in [0.2, 0.25) is 0 Å². The van der Waals surface area contributed by atoms with Crippen molar-refractivity contribution < 1.29 is 5.11 Å². The molecular weight excluding hydrogens is 186 g/mol. The molecule has 0 aliphatic carbocycles. The maximum absolute atomic E-state index is 9.45. The second kappa shape index (κ2) is 4.23. The standard InChI is InChI=1S/C13H19NO/c1-10-8-12(6-7-14(10)2)11-4-3-5-13(15)9-11/h3-5,9-10,12,15H,6-8H2,1-2H3/t10-,12+/m0/s1. The van der Waals surface area contributed by atoms with Crippen LogP contribution in [0.5, 0.6) is 5.75 Å². The zero-order valence-electron chi connectivity index (χ0n) is 9.48. The zero-order chi connectivity index (χ0) is 10.8. The van der Waals surface area contributed by atoms with E-state index in [-0.39, 0.29) is 0 Å². The van der Waals surface area contributed by atoms with E-state index < -0.39 is 0 Å². The van der Waals surface area contributed by atoms with E-state index in [1.54, 1.807) is 6.07 Å². The number of piperidine rings is 1. The lowest BCUT2D eigenvalue weighted by Crippen LogP contribution is -2.36. The minimum absolute atomic E-state index is 0.388. The van der Waals surface area contributed by atoms with Crippen LogP contribution in [0.4, 0.5) is 0 Å². The van der Waals surface area contributed by atoms with E-state index >= 15 is 0 Å². The second-order valence-electron chi connectivity index (χ2n) is 4.65. The van der Waals surface area contributed by atoms with Crippen LogP contribution < -0.4 is 0 Å². The molecule has 2 atom stereocenters. The fourth-order valence-electron chi connectivity index (χ4n) is 2.37. The Bertz CT molecular complexity index is 337. The molecule has 1 fully saturated rings. The third kappa shape index (κ3) is 2.32. The lowest BCUT2D eigenvalue weighted by molar-refractivity contribution is 0.182. The van der Waals surface area contributed by atoms with Crippen LogP contribution in [0.1, 0.15) is 31.2 Å². The monoisotopic (exact) mass is 205 g/mol. The van der Waals surface area contributed by atoms with Crippen molar-refractivity contribution in [2.45, 2.75) is 31.7 Å². The van der Waals surface area contributed by atoms with Gasteiger partial charge in [-0.05, 0) is 57.0 Å². The van der Waals surface area contributed by atoms with Crippen LogP contribution >= 0.6 is 0 Å². The first-order chi connectivity index (χ1) is 7.16. The van der Waals surface area contributed by atoms with E-state index in [4.69, 9.17) is 0 Å². The van der Waals surface area contributed by atoms with Crippen LogP contribution in [0.25, 0.3) is 0 Å². The second-order valence-corrected chi connectivity index (χ2v) is 4.65. The van der Waals surface area contributed by atoms with Crippen molar-refractivity contribution in [3.05, 3.63) is 29.8 Å². The van der Waals surface area contributed by atoms with E-state index in [1.165, 1.54) is 18.4 Å². The van der Waals surface area contributed by atoms with Gasteiger partial charge in [-0.3, -0.25) is 0 Å². The van der Waals surface area contributed by atoms with E-state index in [1.807, 2.05) is 12.1 Å². The van der Waals surface area contributed by atoms with Gasteiger partial charge in [-0.1, -0.05) is 12.1 Å². The number of rotatable bonds is 1. The first-order valence-corrected chi connectivity index (χ1v) is 5.66. The predicted octanol–water partition coefficient (Wildman–Crippen LogP) is 2.59. The van der Waals surface area contributed by atoms with Crippen LogP contribution in [0.2, 0.25) is 0 Å². The molecule has 15 heavy (non-hydrogen) atoms. The Morgan fingerprint density at radius 2 is 2.20 bits per heavy atom. The molecule has 0 spiro atoms. The summed E-state index contributed by atoms with van der Waals surface area (Å²) in [5, 5.41) is 9.45. The van der Waals surface area contributed by atoms with Crippen LogP contribution in [-0.4, -0.2) is 29.6 Å². The number of benzene rings is 1. The van der Waals surface area contributed by atoms with Gasteiger partial charge in [-0.25, -0.2) is 0 Å². The summed E-state index contributed by atoms with van der Waals surface area (Å²) in [4.78, 5) is 2.40. The summed E-state index contributed by atoms with van der Waals surface area (Å²) >= 11 is 0. The van der Waals surface area contributed by atoms with Gasteiger partial charge in [0.25, 0.3) is 0 Å². The molecule has 0 saturated carbocycles. The molecule has 0 unspecified atom stereocenters. The Labute approximate surface area is 91.5 Å². The molecule has 1 aromatic carbocycles. The van der Waals surface area contributed by atoms with Gasteiger partial charge >= 0.3 is 0 Å². The number of hydrogen-bond donors (Lipinski definition) is 1. The van der Waals surface area contributed by atoms with Crippen molar-refractivity contribution in [1.82, 2.24) is 4.90 Å². The predicted molar refractivity (Wildman–Crippen MR) is 62.2 cm³/mol. The van der Waals surface area contributed by atoms with E-state index in [0.29, 0.717) is 17.7 Å². The fourth-order valence-corrected chi connectivity index (χ4v) is 2.37. The maximum atomic E-state index is 9.45. The number of nitrogens with zero attached hydrogens (tertiary/aromatic N) is 1. The Hall–Kier alpha value is -1.02. The fraction of sp³-hybridized carbons (Fsp3) is 0.538. The first kappa shape index (κ1) is 10.5. The Morgan fingerprint density at radius 1 is 1.40 bits per heavy atom. The molecule has 1 saturated heterocycles. The van der Waals surface area contributed by atoms with Gasteiger partial charge < -0.3 is 10.0 Å². The Morgan fingerprint density at radius 3 is 2.87 bits per heavy atom. The summed E-state index contributed by atoms with van der Waals surface area (Å²) < 4.78 is 0. The molecule has 1 aliphatic heterocycles. The lowest BCUT2D eigenvalue weighted by Gasteiger charge is -2.35. The van der Waals surface area contributed by atoms with Crippen molar-refractivity contribution in [3.8, 4) is 5.75 Å². The highest BCUT2D eigenvalue weighted by Gasteiger charge is 2.23. The smallest absolute Gasteiger partial charge is 0.115 e. The molecule has 1 aliphatic rings. The third-order valence-electron chi connectivity index (χ3n) is 3.55. The van der Waals surface area contributed by atoms with E-state index in [0.717, 1.165) is 6.54 Å². The SMILES string of the molecule is C[C@H]1C[C@H](c2cccc(O)c2)CCN1C. The zero-order valence-corrected chi connectivity index (χ0v) is 9.48. The summed E-state index contributed by atoms with van der Waals surface area (Å²) in [6, 6.07) is 8.35. The van der Waals surface area contributed by atoms with Crippen molar-refractivity contribution in [1.29, 1.82) is 0 Å². The maximum Gasteiger partial charge on any atom is 0.115 e. The third-order valence-corrected chi connectivity index (χ3v) is 3.55. The van der Waals surface area contributed by atoms with Crippen LogP contribution in [0, 0.1) is 0 Å². The number of phenols is 1. The van der Waals surface area contributed by atoms with Gasteiger partial charge in [0.05, 0.1) is 0 Å². The number of phenolic OH excluding ortho intramolecular Hbond substituents is 1. The summed E-state index contributed by atoms with van der Waals surface area (Å²) in [5.74, 6) is 1.00. The number of likely N-dealkylation sites (tertiary alicyclic amines) is 1. The highest BCUT2D eigenvalue weighted by molar-refractivity contribution is 5.30. The summed E-state index contributed by atoms with van der Waals surface area (Å²) in [6.07, 6.45) is 2.39. The normalized spacial score (nSPS) is 27.9. The number of aromatic hydroxyl groups is 1. The molecule has 2 heteroatoms. The van der Waals surface area contributed by atoms with Gasteiger partial charge in [0.1, 0.15) is 5.75 Å². The van der Waals surface area contributed by atoms with Crippen molar-refractivity contribution in [3.63, 3.8) is 0 Å². The molecular formula is C13H19NO. The van der Waals surface area contributed by atoms with Crippen molar-refractivity contribution in [2.75, 3.05) is 13.6 Å². The number of hydrogen-bond acceptors (Lipinski definition) is 2. The van der Waals surface area contributed by atoms with Crippen LogP contribution in [0.15, 0.2) is 24.3 Å². The molecule has 1 heterocycles. The Balaban J connectivity index is 2.12. The molecule has 0 bridgehead atoms.